The topological polar surface area (TPSA) is 616 Å². The Hall–Kier alpha value is -10.7. The highest BCUT2D eigenvalue weighted by atomic mass is 35.5. The van der Waals surface area contributed by atoms with Crippen LogP contribution in [0, 0.1) is 0 Å². The molecule has 8 heterocycles. The van der Waals surface area contributed by atoms with Gasteiger partial charge in [-0.05, 0) is 172 Å². The molecule has 8 amide bonds. The third-order valence-corrected chi connectivity index (χ3v) is 25.6. The molecular formula is C90H105Cl3N12O27S. The van der Waals surface area contributed by atoms with Crippen molar-refractivity contribution >= 4 is 98.9 Å². The third kappa shape index (κ3) is 23.0. The highest BCUT2D eigenvalue weighted by Crippen LogP contribution is 2.51. The number of phenols is 3. The van der Waals surface area contributed by atoms with Gasteiger partial charge >= 0.3 is 0 Å². The maximum atomic E-state index is 16.7. The summed E-state index contributed by atoms with van der Waals surface area (Å²) in [5.41, 5.74) is 15.4. The molecular weight excluding hydrogens is 1820 g/mol. The largest absolute Gasteiger partial charge is 0.508 e. The van der Waals surface area contributed by atoms with E-state index in [2.05, 4.69) is 47.9 Å². The first-order chi connectivity index (χ1) is 63.1. The van der Waals surface area contributed by atoms with Gasteiger partial charge in [0.15, 0.2) is 30.2 Å². The zero-order chi connectivity index (χ0) is 96.1. The summed E-state index contributed by atoms with van der Waals surface area (Å²) in [6.07, 6.45) is -24.6. The predicted molar refractivity (Wildman–Crippen MR) is 479 cm³/mol. The van der Waals surface area contributed by atoms with E-state index in [4.69, 9.17) is 89.9 Å². The summed E-state index contributed by atoms with van der Waals surface area (Å²) in [5.74, 6) is -15.8. The minimum atomic E-state index is -2.43. The number of nitrogens with two attached hydrogens (primary N) is 3. The third-order valence-electron chi connectivity index (χ3n) is 23.8. The highest BCUT2D eigenvalue weighted by Gasteiger charge is 2.53. The van der Waals surface area contributed by atoms with Crippen LogP contribution in [-0.4, -0.2) is 245 Å². The van der Waals surface area contributed by atoms with Crippen LogP contribution in [0.4, 0.5) is 0 Å². The standard InChI is InChI=1S/C90H105Cl3N12O27S/c1-38(107)24-54(97-6)81(118)104-71-73(113)45-15-20-58(52(92)26-45)127-60-28-47-29-61(77(60)132-88-78(75(115)74(114)62(36-106)129-88)131-66-34-90(5,80(117)40(3)126-66)99-35-41-8-10-42(11-9-41)43-12-17-48(91)18-13-43)128-59-21-16-46(27-53(59)93)76(130-65-33-89(4,96)79(116)39(2)125-65)72-86(123)103-70(87(124)133-37-64(112)98-23-7-22-94)51-30-49(108)31-57(110)67(51)50-25-44(14-19-56(50)109)68(83(120)105-72)102-84(121)69(47)101-82(119)55(32-63(95)111)100-85(71)122/h8-21,25-31,38-40,54-55,62,65-66,68-76,78-80,88,97,99,106-110,113-117H,7,22-24,32-37,94,96H2,1-6H3,(H2,95,111)(H,98,112)(H,100,122)(H,101,119)(H,102,121)(H,103,123)(H,104,118)(H,105,120)/t38?,39-,40-,54+,55-,62+,65-,66-,68+,69+,70-,71+,72-,73+,74+,75-,76+,78+,79-,80-,88-,89-,90-/m0/s1. The van der Waals surface area contributed by atoms with Gasteiger partial charge in [0.05, 0.1) is 65.4 Å². The number of primary amides is 1. The number of hydrogen-bond acceptors (Lipinski definition) is 32. The van der Waals surface area contributed by atoms with Gasteiger partial charge in [-0.2, -0.15) is 0 Å². The smallest absolute Gasteiger partial charge is 0.248 e. The SMILES string of the molecule is CN[C@H](CC(C)O)C(=O)N[C@H]1C(=O)N[C@@H](CC(N)=O)C(=O)N[C@H]2C(=O)N[C@H]3C(=O)N[C@H](C(=O)N[C@H](C(=O)SCC(=O)NCCCN)c4cc(O)cc(O)c4-c4cc3ccc4O)[C@H](O[C@H]3C[C@](C)(N)[C@@H](O)[C@H](C)O3)c3ccc(c(Cl)c3)Oc3cc2cc(c3O[C@@H]2O[C@H](CO)[C@@H](O)[C@H](O)[C@H]2O[C@H]2C[C@](C)(NCc3ccc(-c4ccc(Cl)cc4)cc3)[C@@H](O)[C@H](C)O2)Oc2ccc(cc2Cl)[C@H]1O. The molecule has 25 N–H and O–H groups in total. The van der Waals surface area contributed by atoms with Crippen LogP contribution in [-0.2, 0) is 73.4 Å². The lowest BCUT2D eigenvalue weighted by molar-refractivity contribution is -0.334. The summed E-state index contributed by atoms with van der Waals surface area (Å²) < 4.78 is 53.2. The Kier molecular flexibility index (Phi) is 31.9. The van der Waals surface area contributed by atoms with Crippen molar-refractivity contribution in [2.45, 2.75) is 213 Å². The van der Waals surface area contributed by atoms with Gasteiger partial charge in [-0.15, -0.1) is 0 Å². The van der Waals surface area contributed by atoms with Crippen LogP contribution in [0.2, 0.25) is 15.1 Å². The van der Waals surface area contributed by atoms with E-state index in [0.29, 0.717) is 23.2 Å². The maximum Gasteiger partial charge on any atom is 0.248 e. The molecule has 8 aliphatic heterocycles. The molecule has 23 atom stereocenters. The molecule has 7 aromatic carbocycles. The number of fused-ring (bicyclic) bond motifs is 15. The van der Waals surface area contributed by atoms with Crippen LogP contribution in [0.1, 0.15) is 130 Å². The van der Waals surface area contributed by atoms with Gasteiger partial charge in [0.1, 0.15) is 95.5 Å². The number of aromatic hydroxyl groups is 3. The zero-order valence-corrected chi connectivity index (χ0v) is 75.6. The van der Waals surface area contributed by atoms with E-state index in [0.717, 1.165) is 65.2 Å². The van der Waals surface area contributed by atoms with Crippen LogP contribution in [0.5, 0.6) is 46.0 Å². The molecule has 0 radical (unpaired) electrons. The number of carbonyl (C=O) groups excluding carboxylic acids is 9. The van der Waals surface area contributed by atoms with Crippen LogP contribution >= 0.6 is 46.6 Å². The summed E-state index contributed by atoms with van der Waals surface area (Å²) >= 11 is 21.3. The van der Waals surface area contributed by atoms with Gasteiger partial charge in [0.2, 0.25) is 64.4 Å². The average molecular weight is 1930 g/mol. The second-order valence-electron chi connectivity index (χ2n) is 33.9. The van der Waals surface area contributed by atoms with Gasteiger partial charge in [0.25, 0.3) is 0 Å². The van der Waals surface area contributed by atoms with Gasteiger partial charge in [0, 0.05) is 59.2 Å². The predicted octanol–water partition coefficient (Wildman–Crippen LogP) is 2.86. The molecule has 11 bridgehead atoms. The Morgan fingerprint density at radius 1 is 0.662 bits per heavy atom. The quantitative estimate of drug-likeness (QED) is 0.0387. The van der Waals surface area contributed by atoms with Crippen LogP contribution in [0.15, 0.2) is 127 Å². The molecule has 3 fully saturated rings. The van der Waals surface area contributed by atoms with E-state index in [9.17, 15) is 65.4 Å². The first kappa shape index (κ1) is 99.8. The summed E-state index contributed by atoms with van der Waals surface area (Å²) in [7, 11) is 1.37. The Labute approximate surface area is 781 Å². The molecule has 0 saturated carbocycles. The number of halogens is 3. The molecule has 1 unspecified atom stereocenters. The van der Waals surface area contributed by atoms with Crippen LogP contribution < -0.4 is 79.3 Å². The fourth-order valence-corrected chi connectivity index (χ4v) is 17.9. The van der Waals surface area contributed by atoms with Crippen molar-refractivity contribution < 1.29 is 132 Å². The monoisotopic (exact) mass is 1920 g/mol. The van der Waals surface area contributed by atoms with Crippen molar-refractivity contribution in [3.8, 4) is 68.2 Å². The second-order valence-corrected chi connectivity index (χ2v) is 36.2. The molecule has 133 heavy (non-hydrogen) atoms. The van der Waals surface area contributed by atoms with Crippen molar-refractivity contribution in [2.75, 3.05) is 32.5 Å². The number of ether oxygens (including phenoxy) is 8. The van der Waals surface area contributed by atoms with Crippen molar-refractivity contribution in [1.82, 2.24) is 47.9 Å². The molecule has 714 valence electrons. The summed E-state index contributed by atoms with van der Waals surface area (Å²) in [4.78, 5) is 137. The molecule has 3 saturated heterocycles. The number of nitrogens with one attached hydrogen (secondary N) is 9. The fraction of sp³-hybridized carbons (Fsp3) is 0.433. The first-order valence-corrected chi connectivity index (χ1v) is 44.7. The van der Waals surface area contributed by atoms with E-state index in [-0.39, 0.29) is 55.6 Å². The van der Waals surface area contributed by atoms with Crippen LogP contribution in [0.3, 0.4) is 0 Å². The lowest BCUT2D eigenvalue weighted by atomic mass is 9.84. The van der Waals surface area contributed by atoms with E-state index in [1.807, 2.05) is 36.4 Å². The van der Waals surface area contributed by atoms with Crippen molar-refractivity contribution in [3.63, 3.8) is 0 Å². The number of likely N-dealkylation sites (N-methyl/N-ethyl adjacent to an activating group) is 1. The lowest BCUT2D eigenvalue weighted by Gasteiger charge is -2.48. The second kappa shape index (κ2) is 42.5. The Balaban J connectivity index is 1.02. The summed E-state index contributed by atoms with van der Waals surface area (Å²) in [5, 5.41) is 140. The van der Waals surface area contributed by atoms with E-state index in [1.165, 1.54) is 58.2 Å². The number of hydrogen-bond donors (Lipinski definition) is 22. The minimum Gasteiger partial charge on any atom is -0.508 e. The Morgan fingerprint density at radius 2 is 1.27 bits per heavy atom. The number of amides is 8. The van der Waals surface area contributed by atoms with Crippen molar-refractivity contribution in [3.05, 3.63) is 176 Å². The van der Waals surface area contributed by atoms with Gasteiger partial charge in [-0.1, -0.05) is 101 Å². The minimum absolute atomic E-state index is 0.0983. The molecule has 39 nitrogen and oxygen atoms in total. The number of aliphatic hydroxyl groups is 7. The number of carbonyl (C=O) groups is 9. The number of phenolic OH excluding ortho intramolecular Hbond substituents is 3. The molecule has 7 aromatic rings. The number of thioether (sulfide) groups is 1. The van der Waals surface area contributed by atoms with Crippen molar-refractivity contribution in [1.29, 1.82) is 0 Å². The molecule has 8 aliphatic rings. The number of rotatable bonds is 24. The molecule has 15 rings (SSSR count). The highest BCUT2D eigenvalue weighted by molar-refractivity contribution is 8.14. The van der Waals surface area contributed by atoms with Crippen molar-refractivity contribution in [2.24, 2.45) is 17.2 Å². The molecule has 0 aliphatic carbocycles. The Bertz CT molecular complexity index is 5500. The number of benzene rings is 7. The first-order valence-electron chi connectivity index (χ1n) is 42.6. The van der Waals surface area contributed by atoms with Gasteiger partial charge in [-0.3, -0.25) is 43.2 Å². The van der Waals surface area contributed by atoms with E-state index >= 15 is 28.8 Å². The van der Waals surface area contributed by atoms with Gasteiger partial charge in [-0.25, -0.2) is 0 Å². The summed E-state index contributed by atoms with van der Waals surface area (Å²) in [6, 6.07) is 14.3. The number of aliphatic hydroxyl groups excluding tert-OH is 7. The fourth-order valence-electron chi connectivity index (χ4n) is 16.6. The lowest BCUT2D eigenvalue weighted by Crippen LogP contribution is -2.65. The van der Waals surface area contributed by atoms with Gasteiger partial charge < -0.3 is 154 Å². The maximum absolute atomic E-state index is 16.7. The van der Waals surface area contributed by atoms with E-state index < -0.39 is 289 Å². The molecule has 0 spiro atoms. The Morgan fingerprint density at radius 3 is 1.89 bits per heavy atom. The molecule has 43 heteroatoms. The average Bonchev–Trinajstić information content (AvgIpc) is 0.770. The molecule has 0 aromatic heterocycles. The van der Waals surface area contributed by atoms with Crippen LogP contribution in [0.25, 0.3) is 22.3 Å². The normalized spacial score (nSPS) is 28.8. The zero-order valence-electron chi connectivity index (χ0n) is 72.5. The summed E-state index contributed by atoms with van der Waals surface area (Å²) in [6.45, 7) is 7.05. The van der Waals surface area contributed by atoms with E-state index in [1.54, 1.807) is 26.0 Å².